The first-order valence-electron chi connectivity index (χ1n) is 18.8. The van der Waals surface area contributed by atoms with Crippen LogP contribution in [0.2, 0.25) is 0 Å². The minimum atomic E-state index is 1.12. The molecule has 1 aliphatic rings. The zero-order chi connectivity index (χ0) is 36.3. The highest BCUT2D eigenvalue weighted by Gasteiger charge is 2.32. The molecule has 11 rings (SSSR count). The summed E-state index contributed by atoms with van der Waals surface area (Å²) in [7, 11) is 0. The molecule has 258 valence electrons. The Morgan fingerprint density at radius 1 is 0.273 bits per heavy atom. The van der Waals surface area contributed by atoms with Gasteiger partial charge in [-0.05, 0) is 99.4 Å². The van der Waals surface area contributed by atoms with Gasteiger partial charge < -0.3 is 9.80 Å². The van der Waals surface area contributed by atoms with Crippen molar-refractivity contribution in [1.82, 2.24) is 0 Å². The van der Waals surface area contributed by atoms with Crippen molar-refractivity contribution in [3.8, 4) is 33.4 Å². The number of benzene rings is 9. The summed E-state index contributed by atoms with van der Waals surface area (Å²) in [6.07, 6.45) is 0. The van der Waals surface area contributed by atoms with Gasteiger partial charge in [-0.15, -0.1) is 11.3 Å². The molecule has 0 bridgehead atoms. The van der Waals surface area contributed by atoms with Crippen molar-refractivity contribution in [1.29, 1.82) is 0 Å². The summed E-state index contributed by atoms with van der Waals surface area (Å²) in [5.74, 6) is 0. The molecule has 55 heavy (non-hydrogen) atoms. The highest BCUT2D eigenvalue weighted by atomic mass is 32.1. The predicted molar refractivity (Wildman–Crippen MR) is 236 cm³/mol. The Labute approximate surface area is 324 Å². The normalized spacial score (nSPS) is 12.3. The zero-order valence-electron chi connectivity index (χ0n) is 29.9. The molecule has 0 spiro atoms. The third-order valence-corrected chi connectivity index (χ3v) is 12.1. The van der Waals surface area contributed by atoms with Crippen molar-refractivity contribution >= 4 is 76.4 Å². The number of thiophene rings is 1. The van der Waals surface area contributed by atoms with Gasteiger partial charge in [0, 0.05) is 31.2 Å². The van der Waals surface area contributed by atoms with Gasteiger partial charge in [-0.2, -0.15) is 0 Å². The van der Waals surface area contributed by atoms with E-state index in [1.165, 1.54) is 64.3 Å². The smallest absolute Gasteiger partial charge is 0.0709 e. The summed E-state index contributed by atoms with van der Waals surface area (Å²) < 4.78 is 2.65. The molecule has 1 aliphatic heterocycles. The van der Waals surface area contributed by atoms with Crippen LogP contribution in [0.1, 0.15) is 0 Å². The summed E-state index contributed by atoms with van der Waals surface area (Å²) in [5, 5.41) is 5.07. The summed E-state index contributed by atoms with van der Waals surface area (Å²) in [6.45, 7) is 0. The number of rotatable bonds is 5. The average Bonchev–Trinajstić information content (AvgIpc) is 3.64. The Hall–Kier alpha value is -6.94. The van der Waals surface area contributed by atoms with E-state index in [1.807, 2.05) is 11.3 Å². The summed E-state index contributed by atoms with van der Waals surface area (Å²) in [4.78, 5) is 4.92. The van der Waals surface area contributed by atoms with Gasteiger partial charge in [0.05, 0.1) is 28.4 Å². The number of hydrogen-bond donors (Lipinski definition) is 0. The van der Waals surface area contributed by atoms with E-state index in [2.05, 4.69) is 216 Å². The van der Waals surface area contributed by atoms with Gasteiger partial charge in [-0.1, -0.05) is 146 Å². The van der Waals surface area contributed by atoms with Crippen molar-refractivity contribution in [2.75, 3.05) is 9.80 Å². The van der Waals surface area contributed by atoms with Gasteiger partial charge in [-0.25, -0.2) is 0 Å². The Balaban J connectivity index is 1.16. The highest BCUT2D eigenvalue weighted by Crippen LogP contribution is 2.57. The van der Waals surface area contributed by atoms with Gasteiger partial charge in [0.15, 0.2) is 0 Å². The second-order valence-corrected chi connectivity index (χ2v) is 15.2. The van der Waals surface area contributed by atoms with Crippen LogP contribution in [0.4, 0.5) is 34.1 Å². The molecule has 0 unspecified atom stereocenters. The summed E-state index contributed by atoms with van der Waals surface area (Å²) >= 11 is 1.86. The number of anilines is 6. The first-order chi connectivity index (χ1) is 27.3. The lowest BCUT2D eigenvalue weighted by atomic mass is 9.94. The number of fused-ring (bicyclic) bond motifs is 6. The maximum Gasteiger partial charge on any atom is 0.0709 e. The van der Waals surface area contributed by atoms with Crippen LogP contribution in [-0.4, -0.2) is 0 Å². The Kier molecular flexibility index (Phi) is 7.39. The van der Waals surface area contributed by atoms with Crippen LogP contribution in [0.3, 0.4) is 0 Å². The van der Waals surface area contributed by atoms with Crippen LogP contribution in [0.25, 0.3) is 64.3 Å². The van der Waals surface area contributed by atoms with Crippen molar-refractivity contribution in [2.45, 2.75) is 0 Å². The van der Waals surface area contributed by atoms with E-state index in [0.717, 1.165) is 34.1 Å². The van der Waals surface area contributed by atoms with Gasteiger partial charge in [0.1, 0.15) is 0 Å². The molecular weight excluding hydrogens is 685 g/mol. The Morgan fingerprint density at radius 3 is 1.44 bits per heavy atom. The SMILES string of the molecule is c1ccc(-c2ccc3c(c2)N(c2ccccc2)c2cc(-c4ccccc4)ccc2N3c2ccc(-c3ccc4sc5ccccc5c4c3)c3ccccc23)cc1. The van der Waals surface area contributed by atoms with Gasteiger partial charge in [0.2, 0.25) is 0 Å². The standard InChI is InChI=1S/C52H34N2S/c1-4-14-35(15-5-1)37-24-28-47-49(33-37)53(40-18-8-3-9-19-40)50-34-38(36-16-6-2-7-17-36)25-29-48(50)54(47)46-30-27-41(42-20-10-11-21-43(42)46)39-26-31-52-45(32-39)44-22-12-13-23-51(44)55-52/h1-34H. The second-order valence-electron chi connectivity index (χ2n) is 14.1. The number of nitrogens with zero attached hydrogens (tertiary/aromatic N) is 2. The molecule has 0 N–H and O–H groups in total. The minimum Gasteiger partial charge on any atom is -0.306 e. The van der Waals surface area contributed by atoms with E-state index in [1.54, 1.807) is 0 Å². The lowest BCUT2D eigenvalue weighted by Gasteiger charge is -2.41. The molecule has 3 heteroatoms. The molecule has 0 saturated carbocycles. The monoisotopic (exact) mass is 718 g/mol. The Bertz CT molecular complexity index is 2950. The number of hydrogen-bond acceptors (Lipinski definition) is 3. The van der Waals surface area contributed by atoms with Crippen molar-refractivity contribution in [2.24, 2.45) is 0 Å². The van der Waals surface area contributed by atoms with Crippen LogP contribution in [0.5, 0.6) is 0 Å². The van der Waals surface area contributed by atoms with E-state index >= 15 is 0 Å². The summed E-state index contributed by atoms with van der Waals surface area (Å²) in [6, 6.07) is 75.3. The summed E-state index contributed by atoms with van der Waals surface area (Å²) in [5.41, 5.74) is 14.0. The lowest BCUT2D eigenvalue weighted by molar-refractivity contribution is 1.18. The van der Waals surface area contributed by atoms with Gasteiger partial charge in [0.25, 0.3) is 0 Å². The van der Waals surface area contributed by atoms with Gasteiger partial charge in [-0.3, -0.25) is 0 Å². The molecule has 2 heterocycles. The third-order valence-electron chi connectivity index (χ3n) is 11.0. The zero-order valence-corrected chi connectivity index (χ0v) is 30.7. The minimum absolute atomic E-state index is 1.12. The van der Waals surface area contributed by atoms with Crippen LogP contribution in [0, 0.1) is 0 Å². The highest BCUT2D eigenvalue weighted by molar-refractivity contribution is 7.25. The second kappa shape index (κ2) is 12.9. The maximum absolute atomic E-state index is 2.48. The van der Waals surface area contributed by atoms with E-state index in [4.69, 9.17) is 0 Å². The molecule has 1 aromatic heterocycles. The fourth-order valence-corrected chi connectivity index (χ4v) is 9.49. The molecular formula is C52H34N2S. The fraction of sp³-hybridized carbons (Fsp3) is 0. The molecule has 0 amide bonds. The van der Waals surface area contributed by atoms with Gasteiger partial charge >= 0.3 is 0 Å². The first kappa shape index (κ1) is 31.6. The lowest BCUT2D eigenvalue weighted by Crippen LogP contribution is -2.24. The predicted octanol–water partition coefficient (Wildman–Crippen LogP) is 15.5. The van der Waals surface area contributed by atoms with Crippen molar-refractivity contribution in [3.05, 3.63) is 206 Å². The molecule has 0 saturated heterocycles. The van der Waals surface area contributed by atoms with E-state index in [0.29, 0.717) is 0 Å². The molecule has 0 radical (unpaired) electrons. The number of para-hydroxylation sites is 1. The molecule has 0 aliphatic carbocycles. The van der Waals surface area contributed by atoms with Crippen LogP contribution in [-0.2, 0) is 0 Å². The maximum atomic E-state index is 2.48. The van der Waals surface area contributed by atoms with Crippen molar-refractivity contribution in [3.63, 3.8) is 0 Å². The van der Waals surface area contributed by atoms with Crippen LogP contribution >= 0.6 is 11.3 Å². The molecule has 10 aromatic rings. The van der Waals surface area contributed by atoms with Crippen LogP contribution in [0.15, 0.2) is 206 Å². The van der Waals surface area contributed by atoms with E-state index in [-0.39, 0.29) is 0 Å². The van der Waals surface area contributed by atoms with E-state index < -0.39 is 0 Å². The molecule has 0 atom stereocenters. The topological polar surface area (TPSA) is 6.48 Å². The molecule has 9 aromatic carbocycles. The van der Waals surface area contributed by atoms with Crippen LogP contribution < -0.4 is 9.80 Å². The average molecular weight is 719 g/mol. The first-order valence-corrected chi connectivity index (χ1v) is 19.6. The third kappa shape index (κ3) is 5.24. The molecule has 2 nitrogen and oxygen atoms in total. The largest absolute Gasteiger partial charge is 0.306 e. The quantitative estimate of drug-likeness (QED) is 0.175. The molecule has 0 fully saturated rings. The fourth-order valence-electron chi connectivity index (χ4n) is 8.40. The Morgan fingerprint density at radius 2 is 0.782 bits per heavy atom. The van der Waals surface area contributed by atoms with E-state index in [9.17, 15) is 0 Å². The van der Waals surface area contributed by atoms with Crippen molar-refractivity contribution < 1.29 is 0 Å².